The molecule has 0 fully saturated rings. The predicted octanol–water partition coefficient (Wildman–Crippen LogP) is 3.32. The van der Waals surface area contributed by atoms with Crippen molar-refractivity contribution in [3.63, 3.8) is 0 Å². The second-order valence-corrected chi connectivity index (χ2v) is 7.16. The highest BCUT2D eigenvalue weighted by atomic mass is 32.2. The standard InChI is InChI=1S/C19H20FN5O2S/c1-12(2)27-16-8-3-5-13(9-16)18-23-24-19(25(18)21)28-11-17(26)22-15-7-4-6-14(20)10-15/h3-10,12H,11,21H2,1-2H3,(H,22,26). The minimum absolute atomic E-state index is 0.0497. The summed E-state index contributed by atoms with van der Waals surface area (Å²) in [5, 5.41) is 11.2. The number of nitrogens with one attached hydrogen (secondary N) is 1. The van der Waals surface area contributed by atoms with Gasteiger partial charge in [0.1, 0.15) is 11.6 Å². The van der Waals surface area contributed by atoms with Gasteiger partial charge in [-0.1, -0.05) is 30.0 Å². The molecule has 1 amide bonds. The van der Waals surface area contributed by atoms with Crippen LogP contribution in [0.25, 0.3) is 11.4 Å². The molecule has 0 aliphatic rings. The van der Waals surface area contributed by atoms with Crippen molar-refractivity contribution in [2.24, 2.45) is 0 Å². The molecule has 1 aromatic heterocycles. The zero-order valence-corrected chi connectivity index (χ0v) is 16.2. The van der Waals surface area contributed by atoms with Gasteiger partial charge in [0.15, 0.2) is 5.82 Å². The van der Waals surface area contributed by atoms with Crippen LogP contribution in [-0.2, 0) is 4.79 Å². The van der Waals surface area contributed by atoms with Gasteiger partial charge in [0.25, 0.3) is 0 Å². The van der Waals surface area contributed by atoms with Crippen LogP contribution in [-0.4, -0.2) is 32.6 Å². The highest BCUT2D eigenvalue weighted by Gasteiger charge is 2.15. The Kier molecular flexibility index (Phi) is 6.15. The number of nitrogens with zero attached hydrogens (tertiary/aromatic N) is 3. The van der Waals surface area contributed by atoms with Gasteiger partial charge in [0, 0.05) is 11.3 Å². The minimum Gasteiger partial charge on any atom is -0.491 e. The molecule has 3 aromatic rings. The second kappa shape index (κ2) is 8.75. The zero-order chi connectivity index (χ0) is 20.1. The van der Waals surface area contributed by atoms with Crippen molar-refractivity contribution in [3.05, 3.63) is 54.3 Å². The van der Waals surface area contributed by atoms with E-state index < -0.39 is 5.82 Å². The fourth-order valence-electron chi connectivity index (χ4n) is 2.45. The van der Waals surface area contributed by atoms with Crippen molar-refractivity contribution in [1.29, 1.82) is 0 Å². The molecule has 0 saturated carbocycles. The number of thioether (sulfide) groups is 1. The van der Waals surface area contributed by atoms with Crippen LogP contribution in [0.1, 0.15) is 13.8 Å². The monoisotopic (exact) mass is 401 g/mol. The number of halogens is 1. The first-order valence-corrected chi connectivity index (χ1v) is 9.56. The number of amides is 1. The number of carbonyl (C=O) groups excluding carboxylic acids is 1. The molecule has 3 N–H and O–H groups in total. The van der Waals surface area contributed by atoms with E-state index in [-0.39, 0.29) is 17.8 Å². The highest BCUT2D eigenvalue weighted by molar-refractivity contribution is 7.99. The third-order valence-electron chi connectivity index (χ3n) is 3.57. The molecule has 0 atom stereocenters. The number of anilines is 1. The Morgan fingerprint density at radius 3 is 2.79 bits per heavy atom. The normalized spacial score (nSPS) is 10.9. The Bertz CT molecular complexity index is 976. The summed E-state index contributed by atoms with van der Waals surface area (Å²) < 4.78 is 20.2. The number of benzene rings is 2. The molecule has 28 heavy (non-hydrogen) atoms. The van der Waals surface area contributed by atoms with Crippen LogP contribution < -0.4 is 15.9 Å². The fraction of sp³-hybridized carbons (Fsp3) is 0.211. The summed E-state index contributed by atoms with van der Waals surface area (Å²) in [4.78, 5) is 12.1. The van der Waals surface area contributed by atoms with Gasteiger partial charge in [-0.25, -0.2) is 9.07 Å². The number of nitrogen functional groups attached to an aromatic ring is 1. The summed E-state index contributed by atoms with van der Waals surface area (Å²) in [5.74, 6) is 6.61. The average molecular weight is 401 g/mol. The number of hydrogen-bond donors (Lipinski definition) is 2. The number of carbonyl (C=O) groups is 1. The Morgan fingerprint density at radius 1 is 1.25 bits per heavy atom. The molecular weight excluding hydrogens is 381 g/mol. The summed E-state index contributed by atoms with van der Waals surface area (Å²) in [5.41, 5.74) is 1.15. The topological polar surface area (TPSA) is 95.1 Å². The van der Waals surface area contributed by atoms with E-state index in [2.05, 4.69) is 15.5 Å². The molecule has 0 saturated heterocycles. The minimum atomic E-state index is -0.416. The molecule has 3 rings (SSSR count). The number of rotatable bonds is 7. The van der Waals surface area contributed by atoms with Crippen LogP contribution in [0.3, 0.4) is 0 Å². The van der Waals surface area contributed by atoms with E-state index in [0.717, 1.165) is 17.3 Å². The SMILES string of the molecule is CC(C)Oc1cccc(-c2nnc(SCC(=O)Nc3cccc(F)c3)n2N)c1. The van der Waals surface area contributed by atoms with Gasteiger partial charge >= 0.3 is 0 Å². The first-order valence-electron chi connectivity index (χ1n) is 8.58. The molecule has 9 heteroatoms. The predicted molar refractivity (Wildman–Crippen MR) is 107 cm³/mol. The third kappa shape index (κ3) is 5.01. The van der Waals surface area contributed by atoms with Crippen LogP contribution in [0.4, 0.5) is 10.1 Å². The Balaban J connectivity index is 1.65. The molecule has 0 aliphatic carbocycles. The first kappa shape index (κ1) is 19.7. The van der Waals surface area contributed by atoms with Crippen molar-refractivity contribution in [2.45, 2.75) is 25.1 Å². The summed E-state index contributed by atoms with van der Waals surface area (Å²) in [7, 11) is 0. The highest BCUT2D eigenvalue weighted by Crippen LogP contribution is 2.25. The van der Waals surface area contributed by atoms with Gasteiger partial charge in [-0.15, -0.1) is 10.2 Å². The van der Waals surface area contributed by atoms with E-state index in [1.807, 2.05) is 38.1 Å². The number of nitrogens with two attached hydrogens (primary N) is 1. The lowest BCUT2D eigenvalue weighted by atomic mass is 10.2. The van der Waals surface area contributed by atoms with Gasteiger partial charge in [-0.05, 0) is 44.2 Å². The third-order valence-corrected chi connectivity index (χ3v) is 4.51. The molecule has 1 heterocycles. The lowest BCUT2D eigenvalue weighted by Crippen LogP contribution is -2.16. The van der Waals surface area contributed by atoms with Crippen LogP contribution >= 0.6 is 11.8 Å². The molecular formula is C19H20FN5O2S. The Morgan fingerprint density at radius 2 is 2.04 bits per heavy atom. The lowest BCUT2D eigenvalue weighted by Gasteiger charge is -2.10. The van der Waals surface area contributed by atoms with E-state index in [9.17, 15) is 9.18 Å². The summed E-state index contributed by atoms with van der Waals surface area (Å²) in [6.07, 6.45) is 0.0497. The average Bonchev–Trinajstić information content (AvgIpc) is 3.00. The number of hydrogen-bond acceptors (Lipinski definition) is 6. The maximum Gasteiger partial charge on any atom is 0.234 e. The maximum atomic E-state index is 13.2. The van der Waals surface area contributed by atoms with Gasteiger partial charge < -0.3 is 15.9 Å². The van der Waals surface area contributed by atoms with Crippen molar-refractivity contribution in [2.75, 3.05) is 16.9 Å². The molecule has 0 unspecified atom stereocenters. The quantitative estimate of drug-likeness (QED) is 0.466. The van der Waals surface area contributed by atoms with Crippen LogP contribution in [0.5, 0.6) is 5.75 Å². The van der Waals surface area contributed by atoms with E-state index in [1.165, 1.54) is 22.9 Å². The van der Waals surface area contributed by atoms with Crippen molar-refractivity contribution in [1.82, 2.24) is 14.9 Å². The lowest BCUT2D eigenvalue weighted by molar-refractivity contribution is -0.113. The Hall–Kier alpha value is -3.07. The van der Waals surface area contributed by atoms with E-state index in [1.54, 1.807) is 6.07 Å². The van der Waals surface area contributed by atoms with Crippen molar-refractivity contribution >= 4 is 23.4 Å². The molecule has 7 nitrogen and oxygen atoms in total. The zero-order valence-electron chi connectivity index (χ0n) is 15.4. The smallest absolute Gasteiger partial charge is 0.234 e. The van der Waals surface area contributed by atoms with Crippen molar-refractivity contribution in [3.8, 4) is 17.1 Å². The van der Waals surface area contributed by atoms with Gasteiger partial charge in [-0.2, -0.15) is 0 Å². The number of ether oxygens (including phenoxy) is 1. The first-order chi connectivity index (χ1) is 13.4. The molecule has 0 radical (unpaired) electrons. The number of aromatic nitrogens is 3. The summed E-state index contributed by atoms with van der Waals surface area (Å²) in [6, 6.07) is 13.1. The fourth-order valence-corrected chi connectivity index (χ4v) is 3.10. The van der Waals surface area contributed by atoms with E-state index in [4.69, 9.17) is 10.6 Å². The van der Waals surface area contributed by atoms with Crippen LogP contribution in [0.15, 0.2) is 53.7 Å². The molecule has 2 aromatic carbocycles. The van der Waals surface area contributed by atoms with Crippen molar-refractivity contribution < 1.29 is 13.9 Å². The van der Waals surface area contributed by atoms with E-state index in [0.29, 0.717) is 22.4 Å². The van der Waals surface area contributed by atoms with Gasteiger partial charge in [0.05, 0.1) is 11.9 Å². The maximum absolute atomic E-state index is 13.2. The van der Waals surface area contributed by atoms with Crippen LogP contribution in [0.2, 0.25) is 0 Å². The van der Waals surface area contributed by atoms with Gasteiger partial charge in [0.2, 0.25) is 11.1 Å². The van der Waals surface area contributed by atoms with Crippen LogP contribution in [0, 0.1) is 5.82 Å². The van der Waals surface area contributed by atoms with Gasteiger partial charge in [-0.3, -0.25) is 4.79 Å². The largest absolute Gasteiger partial charge is 0.491 e. The molecule has 146 valence electrons. The Labute approximate surface area is 166 Å². The molecule has 0 spiro atoms. The summed E-state index contributed by atoms with van der Waals surface area (Å²) >= 11 is 1.14. The molecule has 0 bridgehead atoms. The second-order valence-electron chi connectivity index (χ2n) is 6.22. The summed E-state index contributed by atoms with van der Waals surface area (Å²) in [6.45, 7) is 3.89. The molecule has 0 aliphatic heterocycles. The van der Waals surface area contributed by atoms with E-state index >= 15 is 0 Å².